The SMILES string of the molecule is O=S(=O)(CCc1ccccc1)NC1CCOCC1. The summed E-state index contributed by atoms with van der Waals surface area (Å²) in [6, 6.07) is 9.72. The first kappa shape index (κ1) is 13.5. The molecule has 18 heavy (non-hydrogen) atoms. The third-order valence-electron chi connectivity index (χ3n) is 3.07. The van der Waals surface area contributed by atoms with Crippen LogP contribution in [0.1, 0.15) is 18.4 Å². The van der Waals surface area contributed by atoms with Crippen molar-refractivity contribution in [2.45, 2.75) is 25.3 Å². The second-order valence-electron chi connectivity index (χ2n) is 4.56. The number of ether oxygens (including phenoxy) is 1. The molecule has 0 aromatic heterocycles. The van der Waals surface area contributed by atoms with Crippen LogP contribution in [0.25, 0.3) is 0 Å². The highest BCUT2D eigenvalue weighted by atomic mass is 32.2. The van der Waals surface area contributed by atoms with E-state index < -0.39 is 10.0 Å². The van der Waals surface area contributed by atoms with Gasteiger partial charge in [-0.1, -0.05) is 30.3 Å². The van der Waals surface area contributed by atoms with Crippen molar-refractivity contribution in [2.24, 2.45) is 0 Å². The standard InChI is InChI=1S/C13H19NO3S/c15-18(16,14-13-6-9-17-10-7-13)11-8-12-4-2-1-3-5-12/h1-5,13-14H,6-11H2. The van der Waals surface area contributed by atoms with E-state index in [4.69, 9.17) is 4.74 Å². The summed E-state index contributed by atoms with van der Waals surface area (Å²) in [5.41, 5.74) is 1.05. The third kappa shape index (κ3) is 4.40. The van der Waals surface area contributed by atoms with E-state index in [0.717, 1.165) is 18.4 Å². The molecule has 0 atom stereocenters. The monoisotopic (exact) mass is 269 g/mol. The van der Waals surface area contributed by atoms with Gasteiger partial charge in [0.1, 0.15) is 0 Å². The van der Waals surface area contributed by atoms with Crippen LogP contribution in [0.15, 0.2) is 30.3 Å². The minimum Gasteiger partial charge on any atom is -0.381 e. The van der Waals surface area contributed by atoms with Gasteiger partial charge >= 0.3 is 0 Å². The summed E-state index contributed by atoms with van der Waals surface area (Å²) in [6.07, 6.45) is 2.09. The molecule has 1 aromatic rings. The fourth-order valence-electron chi connectivity index (χ4n) is 2.03. The molecule has 0 radical (unpaired) electrons. The lowest BCUT2D eigenvalue weighted by molar-refractivity contribution is 0.0832. The molecule has 1 N–H and O–H groups in total. The molecule has 1 aromatic carbocycles. The molecule has 1 saturated heterocycles. The molecular formula is C13H19NO3S. The van der Waals surface area contributed by atoms with E-state index in [0.29, 0.717) is 19.6 Å². The second kappa shape index (κ2) is 6.31. The zero-order valence-electron chi connectivity index (χ0n) is 10.3. The summed E-state index contributed by atoms with van der Waals surface area (Å²) in [4.78, 5) is 0. The highest BCUT2D eigenvalue weighted by molar-refractivity contribution is 7.89. The lowest BCUT2D eigenvalue weighted by atomic mass is 10.1. The third-order valence-corrected chi connectivity index (χ3v) is 4.50. The van der Waals surface area contributed by atoms with Gasteiger partial charge in [0.25, 0.3) is 0 Å². The summed E-state index contributed by atoms with van der Waals surface area (Å²) in [5, 5.41) is 0. The Hall–Kier alpha value is -0.910. The Morgan fingerprint density at radius 3 is 2.50 bits per heavy atom. The van der Waals surface area contributed by atoms with Crippen molar-refractivity contribution < 1.29 is 13.2 Å². The van der Waals surface area contributed by atoms with Gasteiger partial charge in [-0.2, -0.15) is 0 Å². The fraction of sp³-hybridized carbons (Fsp3) is 0.538. The highest BCUT2D eigenvalue weighted by Crippen LogP contribution is 2.08. The number of benzene rings is 1. The smallest absolute Gasteiger partial charge is 0.212 e. The first-order valence-corrected chi connectivity index (χ1v) is 7.93. The topological polar surface area (TPSA) is 55.4 Å². The summed E-state index contributed by atoms with van der Waals surface area (Å²) in [7, 11) is -3.18. The van der Waals surface area contributed by atoms with Gasteiger partial charge in [-0.15, -0.1) is 0 Å². The minimum atomic E-state index is -3.18. The Morgan fingerprint density at radius 1 is 1.17 bits per heavy atom. The fourth-order valence-corrected chi connectivity index (χ4v) is 3.39. The van der Waals surface area contributed by atoms with E-state index in [1.54, 1.807) is 0 Å². The molecule has 1 aliphatic heterocycles. The molecule has 0 aliphatic carbocycles. The van der Waals surface area contributed by atoms with Crippen LogP contribution in [0, 0.1) is 0 Å². The minimum absolute atomic E-state index is 0.0412. The average Bonchev–Trinajstić information content (AvgIpc) is 2.38. The lowest BCUT2D eigenvalue weighted by Crippen LogP contribution is -2.40. The average molecular weight is 269 g/mol. The summed E-state index contributed by atoms with van der Waals surface area (Å²) in [5.74, 6) is 0.147. The zero-order chi connectivity index (χ0) is 12.8. The van der Waals surface area contributed by atoms with E-state index in [1.165, 1.54) is 0 Å². The molecule has 4 nitrogen and oxygen atoms in total. The molecule has 0 unspecified atom stereocenters. The molecule has 1 aliphatic rings. The van der Waals surface area contributed by atoms with Gasteiger partial charge in [0.15, 0.2) is 0 Å². The van der Waals surface area contributed by atoms with Crippen molar-refractivity contribution in [3.63, 3.8) is 0 Å². The molecule has 0 saturated carbocycles. The van der Waals surface area contributed by atoms with E-state index >= 15 is 0 Å². The zero-order valence-corrected chi connectivity index (χ0v) is 11.2. The van der Waals surface area contributed by atoms with Crippen molar-refractivity contribution in [2.75, 3.05) is 19.0 Å². The molecule has 2 rings (SSSR count). The number of aryl methyl sites for hydroxylation is 1. The maximum absolute atomic E-state index is 11.9. The highest BCUT2D eigenvalue weighted by Gasteiger charge is 2.20. The predicted molar refractivity (Wildman–Crippen MR) is 70.9 cm³/mol. The summed E-state index contributed by atoms with van der Waals surface area (Å²) < 4.78 is 31.8. The van der Waals surface area contributed by atoms with Gasteiger partial charge in [0.2, 0.25) is 10.0 Å². The Balaban J connectivity index is 1.83. The van der Waals surface area contributed by atoms with E-state index in [2.05, 4.69) is 4.72 Å². The first-order chi connectivity index (χ1) is 8.66. The number of hydrogen-bond donors (Lipinski definition) is 1. The largest absolute Gasteiger partial charge is 0.381 e. The first-order valence-electron chi connectivity index (χ1n) is 6.27. The Labute approximate surface area is 108 Å². The molecule has 0 amide bonds. The van der Waals surface area contributed by atoms with Gasteiger partial charge in [-0.05, 0) is 24.8 Å². The van der Waals surface area contributed by atoms with Crippen molar-refractivity contribution in [1.29, 1.82) is 0 Å². The lowest BCUT2D eigenvalue weighted by Gasteiger charge is -2.22. The maximum Gasteiger partial charge on any atom is 0.212 e. The van der Waals surface area contributed by atoms with Crippen LogP contribution in [-0.2, 0) is 21.2 Å². The number of nitrogens with one attached hydrogen (secondary N) is 1. The number of sulfonamides is 1. The second-order valence-corrected chi connectivity index (χ2v) is 6.43. The van der Waals surface area contributed by atoms with Gasteiger partial charge in [0.05, 0.1) is 5.75 Å². The molecular weight excluding hydrogens is 250 g/mol. The maximum atomic E-state index is 11.9. The Morgan fingerprint density at radius 2 is 1.83 bits per heavy atom. The van der Waals surface area contributed by atoms with Crippen LogP contribution >= 0.6 is 0 Å². The van der Waals surface area contributed by atoms with E-state index in [-0.39, 0.29) is 11.8 Å². The van der Waals surface area contributed by atoms with E-state index in [9.17, 15) is 8.42 Å². The van der Waals surface area contributed by atoms with Gasteiger partial charge in [-0.25, -0.2) is 13.1 Å². The van der Waals surface area contributed by atoms with Crippen LogP contribution in [0.4, 0.5) is 0 Å². The van der Waals surface area contributed by atoms with Crippen molar-refractivity contribution >= 4 is 10.0 Å². The Bertz CT molecular complexity index is 452. The van der Waals surface area contributed by atoms with Gasteiger partial charge in [0, 0.05) is 19.3 Å². The van der Waals surface area contributed by atoms with Crippen LogP contribution < -0.4 is 4.72 Å². The molecule has 0 spiro atoms. The quantitative estimate of drug-likeness (QED) is 0.877. The van der Waals surface area contributed by atoms with Crippen molar-refractivity contribution in [1.82, 2.24) is 4.72 Å². The Kier molecular flexibility index (Phi) is 4.74. The van der Waals surface area contributed by atoms with Gasteiger partial charge < -0.3 is 4.74 Å². The molecule has 100 valence electrons. The normalized spacial score (nSPS) is 17.8. The van der Waals surface area contributed by atoms with Crippen LogP contribution in [0.3, 0.4) is 0 Å². The summed E-state index contributed by atoms with van der Waals surface area (Å²) in [6.45, 7) is 1.29. The van der Waals surface area contributed by atoms with Crippen LogP contribution in [0.2, 0.25) is 0 Å². The van der Waals surface area contributed by atoms with Crippen LogP contribution in [0.5, 0.6) is 0 Å². The molecule has 1 fully saturated rings. The summed E-state index contributed by atoms with van der Waals surface area (Å²) >= 11 is 0. The molecule has 1 heterocycles. The predicted octanol–water partition coefficient (Wildman–Crippen LogP) is 1.33. The molecule has 0 bridgehead atoms. The number of rotatable bonds is 5. The molecule has 5 heteroatoms. The number of hydrogen-bond acceptors (Lipinski definition) is 3. The van der Waals surface area contributed by atoms with Crippen molar-refractivity contribution in [3.05, 3.63) is 35.9 Å². The van der Waals surface area contributed by atoms with Crippen molar-refractivity contribution in [3.8, 4) is 0 Å². The van der Waals surface area contributed by atoms with Gasteiger partial charge in [-0.3, -0.25) is 0 Å². The van der Waals surface area contributed by atoms with E-state index in [1.807, 2.05) is 30.3 Å². The van der Waals surface area contributed by atoms with Crippen LogP contribution in [-0.4, -0.2) is 33.4 Å².